The number of hydrazine groups is 1. The van der Waals surface area contributed by atoms with Crippen molar-refractivity contribution in [1.82, 2.24) is 5.01 Å². The minimum absolute atomic E-state index is 0.0558. The van der Waals surface area contributed by atoms with Crippen molar-refractivity contribution in [3.8, 4) is 5.75 Å². The highest BCUT2D eigenvalue weighted by Gasteiger charge is 2.29. The van der Waals surface area contributed by atoms with E-state index < -0.39 is 6.10 Å². The van der Waals surface area contributed by atoms with E-state index in [2.05, 4.69) is 5.32 Å². The maximum absolute atomic E-state index is 11.9. The van der Waals surface area contributed by atoms with Gasteiger partial charge in [-0.25, -0.2) is 5.84 Å². The van der Waals surface area contributed by atoms with Gasteiger partial charge in [-0.05, 0) is 31.2 Å². The van der Waals surface area contributed by atoms with Gasteiger partial charge in [-0.2, -0.15) is 0 Å². The van der Waals surface area contributed by atoms with Gasteiger partial charge in [0, 0.05) is 5.69 Å². The van der Waals surface area contributed by atoms with E-state index in [1.807, 2.05) is 6.92 Å². The molecule has 2 amide bonds. The molecule has 0 spiro atoms. The van der Waals surface area contributed by atoms with E-state index in [4.69, 9.17) is 15.3 Å². The second-order valence-corrected chi connectivity index (χ2v) is 4.60. The molecule has 0 bridgehead atoms. The molecule has 0 aliphatic carbocycles. The van der Waals surface area contributed by atoms with Crippen LogP contribution < -0.4 is 15.9 Å². The molecule has 1 unspecified atom stereocenters. The van der Waals surface area contributed by atoms with E-state index in [-0.39, 0.29) is 18.2 Å². The van der Waals surface area contributed by atoms with E-state index in [1.54, 1.807) is 24.3 Å². The maximum atomic E-state index is 11.9. The fourth-order valence-electron chi connectivity index (χ4n) is 1.99. The molecule has 1 aliphatic heterocycles. The molecule has 7 heteroatoms. The van der Waals surface area contributed by atoms with Gasteiger partial charge < -0.3 is 14.8 Å². The van der Waals surface area contributed by atoms with Crippen LogP contribution in [0.25, 0.3) is 0 Å². The summed E-state index contributed by atoms with van der Waals surface area (Å²) in [7, 11) is 0. The summed E-state index contributed by atoms with van der Waals surface area (Å²) in [5.74, 6) is 5.57. The first-order chi connectivity index (χ1) is 10.1. The summed E-state index contributed by atoms with van der Waals surface area (Å²) < 4.78 is 10.6. The SMILES string of the molecule is CCOc1ccc(NC(=O)CC2OCCN(N)C2=O)cc1. The van der Waals surface area contributed by atoms with E-state index in [0.29, 0.717) is 25.4 Å². The zero-order chi connectivity index (χ0) is 15.2. The first-order valence-corrected chi connectivity index (χ1v) is 6.80. The summed E-state index contributed by atoms with van der Waals surface area (Å²) in [5.41, 5.74) is 0.635. The first-order valence-electron chi connectivity index (χ1n) is 6.80. The summed E-state index contributed by atoms with van der Waals surface area (Å²) >= 11 is 0. The molecule has 3 N–H and O–H groups in total. The van der Waals surface area contributed by atoms with E-state index in [1.165, 1.54) is 0 Å². The van der Waals surface area contributed by atoms with Crippen molar-refractivity contribution in [2.24, 2.45) is 5.84 Å². The van der Waals surface area contributed by atoms with E-state index >= 15 is 0 Å². The Bertz CT molecular complexity index is 503. The van der Waals surface area contributed by atoms with Crippen molar-refractivity contribution in [2.75, 3.05) is 25.1 Å². The standard InChI is InChI=1S/C14H19N3O4/c1-2-20-11-5-3-10(4-6-11)16-13(18)9-12-14(19)17(15)7-8-21-12/h3-6,12H,2,7-9,15H2,1H3,(H,16,18). The monoisotopic (exact) mass is 293 g/mol. The quantitative estimate of drug-likeness (QED) is 0.609. The third-order valence-electron chi connectivity index (χ3n) is 3.03. The highest BCUT2D eigenvalue weighted by molar-refractivity contribution is 5.95. The summed E-state index contributed by atoms with van der Waals surface area (Å²) in [6.45, 7) is 3.17. The smallest absolute Gasteiger partial charge is 0.266 e. The fraction of sp³-hybridized carbons (Fsp3) is 0.429. The van der Waals surface area contributed by atoms with Gasteiger partial charge in [-0.15, -0.1) is 0 Å². The lowest BCUT2D eigenvalue weighted by atomic mass is 10.2. The third kappa shape index (κ3) is 4.17. The Labute approximate surface area is 123 Å². The summed E-state index contributed by atoms with van der Waals surface area (Å²) in [5, 5.41) is 3.79. The molecular formula is C14H19N3O4. The van der Waals surface area contributed by atoms with Crippen LogP contribution in [0.2, 0.25) is 0 Å². The minimum atomic E-state index is -0.813. The van der Waals surface area contributed by atoms with Crippen molar-refractivity contribution < 1.29 is 19.1 Å². The van der Waals surface area contributed by atoms with Gasteiger partial charge in [0.2, 0.25) is 5.91 Å². The summed E-state index contributed by atoms with van der Waals surface area (Å²) in [6, 6.07) is 7.01. The highest BCUT2D eigenvalue weighted by atomic mass is 16.5. The zero-order valence-electron chi connectivity index (χ0n) is 11.9. The maximum Gasteiger partial charge on any atom is 0.266 e. The number of nitrogens with two attached hydrogens (primary N) is 1. The zero-order valence-corrected chi connectivity index (χ0v) is 11.9. The van der Waals surface area contributed by atoms with E-state index in [9.17, 15) is 9.59 Å². The molecule has 1 aliphatic rings. The number of benzene rings is 1. The normalized spacial score (nSPS) is 18.5. The number of morpholine rings is 1. The molecular weight excluding hydrogens is 274 g/mol. The van der Waals surface area contributed by atoms with Crippen molar-refractivity contribution in [3.63, 3.8) is 0 Å². The Morgan fingerprint density at radius 3 is 2.86 bits per heavy atom. The molecule has 114 valence electrons. The van der Waals surface area contributed by atoms with Crippen LogP contribution in [-0.4, -0.2) is 42.7 Å². The fourth-order valence-corrected chi connectivity index (χ4v) is 1.99. The van der Waals surface area contributed by atoms with Gasteiger partial charge in [-0.3, -0.25) is 14.6 Å². The van der Waals surface area contributed by atoms with Gasteiger partial charge in [0.15, 0.2) is 0 Å². The van der Waals surface area contributed by atoms with Crippen LogP contribution in [0.1, 0.15) is 13.3 Å². The molecule has 1 heterocycles. The number of ether oxygens (including phenoxy) is 2. The van der Waals surface area contributed by atoms with E-state index in [0.717, 1.165) is 10.8 Å². The Morgan fingerprint density at radius 1 is 1.48 bits per heavy atom. The van der Waals surface area contributed by atoms with Crippen LogP contribution in [-0.2, 0) is 14.3 Å². The predicted octanol–water partition coefficient (Wildman–Crippen LogP) is 0.515. The average molecular weight is 293 g/mol. The lowest BCUT2D eigenvalue weighted by molar-refractivity contribution is -0.155. The molecule has 1 fully saturated rings. The molecule has 0 saturated carbocycles. The Morgan fingerprint density at radius 2 is 2.19 bits per heavy atom. The number of anilines is 1. The van der Waals surface area contributed by atoms with Crippen molar-refractivity contribution in [1.29, 1.82) is 0 Å². The molecule has 1 aromatic carbocycles. The Kier molecular flexibility index (Phi) is 5.13. The first kappa shape index (κ1) is 15.3. The van der Waals surface area contributed by atoms with Crippen LogP contribution in [0.15, 0.2) is 24.3 Å². The summed E-state index contributed by atoms with van der Waals surface area (Å²) in [4.78, 5) is 23.6. The van der Waals surface area contributed by atoms with Crippen molar-refractivity contribution >= 4 is 17.5 Å². The third-order valence-corrected chi connectivity index (χ3v) is 3.03. The number of amides is 2. The predicted molar refractivity (Wildman–Crippen MR) is 76.5 cm³/mol. The Hall–Kier alpha value is -2.12. The largest absolute Gasteiger partial charge is 0.494 e. The topological polar surface area (TPSA) is 93.9 Å². The number of carbonyl (C=O) groups is 2. The van der Waals surface area contributed by atoms with Gasteiger partial charge in [0.25, 0.3) is 5.91 Å². The molecule has 1 saturated heterocycles. The minimum Gasteiger partial charge on any atom is -0.494 e. The van der Waals surface area contributed by atoms with Crippen molar-refractivity contribution in [3.05, 3.63) is 24.3 Å². The summed E-state index contributed by atoms with van der Waals surface area (Å²) in [6.07, 6.45) is -0.869. The van der Waals surface area contributed by atoms with Gasteiger partial charge in [-0.1, -0.05) is 0 Å². The molecule has 1 atom stereocenters. The second kappa shape index (κ2) is 7.05. The Balaban J connectivity index is 1.87. The van der Waals surface area contributed by atoms with Crippen LogP contribution in [0.4, 0.5) is 5.69 Å². The second-order valence-electron chi connectivity index (χ2n) is 4.60. The van der Waals surface area contributed by atoms with Gasteiger partial charge in [0.1, 0.15) is 11.9 Å². The molecule has 0 radical (unpaired) electrons. The number of carbonyl (C=O) groups excluding carboxylic acids is 2. The number of rotatable bonds is 5. The van der Waals surface area contributed by atoms with Crippen LogP contribution in [0.3, 0.4) is 0 Å². The number of nitrogens with one attached hydrogen (secondary N) is 1. The number of nitrogens with zero attached hydrogens (tertiary/aromatic N) is 1. The molecule has 0 aromatic heterocycles. The highest BCUT2D eigenvalue weighted by Crippen LogP contribution is 2.16. The number of hydrogen-bond acceptors (Lipinski definition) is 5. The average Bonchev–Trinajstić information content (AvgIpc) is 2.46. The van der Waals surface area contributed by atoms with Crippen LogP contribution in [0.5, 0.6) is 5.75 Å². The molecule has 7 nitrogen and oxygen atoms in total. The number of hydrogen-bond donors (Lipinski definition) is 2. The molecule has 2 rings (SSSR count). The van der Waals surface area contributed by atoms with Crippen molar-refractivity contribution in [2.45, 2.75) is 19.4 Å². The van der Waals surface area contributed by atoms with Crippen LogP contribution >= 0.6 is 0 Å². The van der Waals surface area contributed by atoms with Gasteiger partial charge >= 0.3 is 0 Å². The van der Waals surface area contributed by atoms with Crippen LogP contribution in [0, 0.1) is 0 Å². The lowest BCUT2D eigenvalue weighted by Crippen LogP contribution is -2.52. The molecule has 21 heavy (non-hydrogen) atoms. The van der Waals surface area contributed by atoms with Gasteiger partial charge in [0.05, 0.1) is 26.2 Å². The molecule has 1 aromatic rings. The lowest BCUT2D eigenvalue weighted by Gasteiger charge is -2.28.